The van der Waals surface area contributed by atoms with E-state index in [4.69, 9.17) is 16.3 Å². The van der Waals surface area contributed by atoms with Crippen LogP contribution in [0.3, 0.4) is 0 Å². The van der Waals surface area contributed by atoms with Gasteiger partial charge in [-0.3, -0.25) is 14.3 Å². The zero-order valence-corrected chi connectivity index (χ0v) is 17.8. The van der Waals surface area contributed by atoms with Gasteiger partial charge >= 0.3 is 0 Å². The maximum atomic E-state index is 12.4. The van der Waals surface area contributed by atoms with Crippen molar-refractivity contribution in [3.05, 3.63) is 59.4 Å². The number of hydrogen-bond donors (Lipinski definition) is 1. The summed E-state index contributed by atoms with van der Waals surface area (Å²) in [5.74, 6) is 0.835. The zero-order valence-electron chi connectivity index (χ0n) is 16.2. The number of aromatic nitrogens is 4. The van der Waals surface area contributed by atoms with Crippen LogP contribution >= 0.6 is 23.4 Å². The lowest BCUT2D eigenvalue weighted by Crippen LogP contribution is -2.28. The quantitative estimate of drug-likeness (QED) is 0.521. The van der Waals surface area contributed by atoms with Gasteiger partial charge in [0.1, 0.15) is 0 Å². The Hall–Kier alpha value is -2.42. The van der Waals surface area contributed by atoms with E-state index in [9.17, 15) is 4.79 Å². The number of methoxy groups -OCH3 is 1. The topological polar surface area (TPSA) is 81.9 Å². The monoisotopic (exact) mass is 431 g/mol. The number of benzene rings is 1. The van der Waals surface area contributed by atoms with E-state index in [0.29, 0.717) is 23.3 Å². The summed E-state index contributed by atoms with van der Waals surface area (Å²) in [7, 11) is 1.65. The predicted molar refractivity (Wildman–Crippen MR) is 114 cm³/mol. The van der Waals surface area contributed by atoms with Crippen LogP contribution in [0.25, 0.3) is 11.4 Å². The SMILES string of the molecule is COCCn1c(SCC(=O)NC(C)c2ccccc2Cl)nnc1-c1ccncc1. The molecule has 0 saturated carbocycles. The average molecular weight is 432 g/mol. The van der Waals surface area contributed by atoms with Crippen LogP contribution in [0.5, 0.6) is 0 Å². The zero-order chi connectivity index (χ0) is 20.6. The van der Waals surface area contributed by atoms with Crippen molar-refractivity contribution in [2.45, 2.75) is 24.7 Å². The summed E-state index contributed by atoms with van der Waals surface area (Å²) in [5, 5.41) is 12.8. The van der Waals surface area contributed by atoms with E-state index in [2.05, 4.69) is 20.5 Å². The Bertz CT molecular complexity index is 951. The van der Waals surface area contributed by atoms with Gasteiger partial charge in [-0.1, -0.05) is 41.6 Å². The molecule has 0 saturated heterocycles. The van der Waals surface area contributed by atoms with Crippen LogP contribution in [0.15, 0.2) is 53.9 Å². The average Bonchev–Trinajstić information content (AvgIpc) is 3.14. The molecule has 9 heteroatoms. The van der Waals surface area contributed by atoms with E-state index >= 15 is 0 Å². The van der Waals surface area contributed by atoms with Gasteiger partial charge in [0, 0.05) is 30.1 Å². The Morgan fingerprint density at radius 1 is 1.24 bits per heavy atom. The van der Waals surface area contributed by atoms with E-state index in [-0.39, 0.29) is 17.7 Å². The number of carbonyl (C=O) groups excluding carboxylic acids is 1. The summed E-state index contributed by atoms with van der Waals surface area (Å²) >= 11 is 7.55. The molecular weight excluding hydrogens is 410 g/mol. The van der Waals surface area contributed by atoms with Gasteiger partial charge in [0.25, 0.3) is 0 Å². The second-order valence-corrected chi connectivity index (χ2v) is 7.64. The molecule has 152 valence electrons. The molecule has 1 atom stereocenters. The number of rotatable bonds is 9. The van der Waals surface area contributed by atoms with Gasteiger partial charge in [0.15, 0.2) is 11.0 Å². The van der Waals surface area contributed by atoms with E-state index in [0.717, 1.165) is 17.0 Å². The maximum absolute atomic E-state index is 12.4. The van der Waals surface area contributed by atoms with Gasteiger partial charge in [-0.15, -0.1) is 10.2 Å². The fraction of sp³-hybridized carbons (Fsp3) is 0.300. The van der Waals surface area contributed by atoms with Gasteiger partial charge in [-0.25, -0.2) is 0 Å². The molecule has 0 bridgehead atoms. The smallest absolute Gasteiger partial charge is 0.230 e. The van der Waals surface area contributed by atoms with Crippen LogP contribution < -0.4 is 5.32 Å². The first-order chi connectivity index (χ1) is 14.1. The molecule has 0 aliphatic carbocycles. The Morgan fingerprint density at radius 3 is 2.72 bits per heavy atom. The fourth-order valence-electron chi connectivity index (χ4n) is 2.81. The minimum atomic E-state index is -0.185. The molecule has 0 aliphatic heterocycles. The Kier molecular flexibility index (Phi) is 7.62. The second-order valence-electron chi connectivity index (χ2n) is 6.29. The van der Waals surface area contributed by atoms with Gasteiger partial charge in [-0.2, -0.15) is 0 Å². The largest absolute Gasteiger partial charge is 0.383 e. The van der Waals surface area contributed by atoms with Gasteiger partial charge in [0.05, 0.1) is 24.9 Å². The summed E-state index contributed by atoms with van der Waals surface area (Å²) in [6, 6.07) is 11.0. The van der Waals surface area contributed by atoms with Crippen molar-refractivity contribution in [1.82, 2.24) is 25.1 Å². The van der Waals surface area contributed by atoms with Crippen molar-refractivity contribution >= 4 is 29.3 Å². The number of hydrogen-bond acceptors (Lipinski definition) is 6. The van der Waals surface area contributed by atoms with Crippen molar-refractivity contribution in [3.8, 4) is 11.4 Å². The van der Waals surface area contributed by atoms with Crippen LogP contribution in [0.1, 0.15) is 18.5 Å². The predicted octanol–water partition coefficient (Wildman–Crippen LogP) is 3.61. The molecule has 2 heterocycles. The number of amides is 1. The molecule has 29 heavy (non-hydrogen) atoms. The van der Waals surface area contributed by atoms with Crippen LogP contribution in [0.2, 0.25) is 5.02 Å². The minimum absolute atomic E-state index is 0.103. The molecule has 3 aromatic rings. The molecule has 1 aromatic carbocycles. The highest BCUT2D eigenvalue weighted by molar-refractivity contribution is 7.99. The first kappa shape index (κ1) is 21.3. The molecule has 0 aliphatic rings. The fourth-order valence-corrected chi connectivity index (χ4v) is 3.89. The first-order valence-electron chi connectivity index (χ1n) is 9.09. The minimum Gasteiger partial charge on any atom is -0.383 e. The lowest BCUT2D eigenvalue weighted by Gasteiger charge is -2.15. The summed E-state index contributed by atoms with van der Waals surface area (Å²) in [4.78, 5) is 16.5. The van der Waals surface area contributed by atoms with Crippen molar-refractivity contribution in [1.29, 1.82) is 0 Å². The maximum Gasteiger partial charge on any atom is 0.230 e. The van der Waals surface area contributed by atoms with Gasteiger partial charge in [0.2, 0.25) is 5.91 Å². The third-order valence-corrected chi connectivity index (χ3v) is 5.57. The first-order valence-corrected chi connectivity index (χ1v) is 10.5. The number of nitrogens with one attached hydrogen (secondary N) is 1. The molecule has 3 rings (SSSR count). The summed E-state index contributed by atoms with van der Waals surface area (Å²) < 4.78 is 7.16. The van der Waals surface area contributed by atoms with E-state index < -0.39 is 0 Å². The third kappa shape index (κ3) is 5.56. The summed E-state index contributed by atoms with van der Waals surface area (Å²) in [6.45, 7) is 3.01. The van der Waals surface area contributed by atoms with Crippen molar-refractivity contribution in [2.24, 2.45) is 0 Å². The molecule has 0 radical (unpaired) electrons. The highest BCUT2D eigenvalue weighted by Gasteiger charge is 2.17. The van der Waals surface area contributed by atoms with E-state index in [1.165, 1.54) is 11.8 Å². The van der Waals surface area contributed by atoms with Crippen molar-refractivity contribution in [2.75, 3.05) is 19.5 Å². The molecule has 0 fully saturated rings. The third-order valence-electron chi connectivity index (χ3n) is 4.26. The molecule has 0 spiro atoms. The number of pyridine rings is 1. The molecule has 1 amide bonds. The Labute approximate surface area is 178 Å². The number of halogens is 1. The molecular formula is C20H22ClN5O2S. The molecule has 2 aromatic heterocycles. The number of ether oxygens (including phenoxy) is 1. The summed E-state index contributed by atoms with van der Waals surface area (Å²) in [5.41, 5.74) is 1.79. The number of nitrogens with zero attached hydrogens (tertiary/aromatic N) is 4. The Balaban J connectivity index is 1.67. The van der Waals surface area contributed by atoms with Crippen molar-refractivity contribution in [3.63, 3.8) is 0 Å². The highest BCUT2D eigenvalue weighted by Crippen LogP contribution is 2.25. The highest BCUT2D eigenvalue weighted by atomic mass is 35.5. The molecule has 1 unspecified atom stereocenters. The Morgan fingerprint density at radius 2 is 2.00 bits per heavy atom. The molecule has 7 nitrogen and oxygen atoms in total. The second kappa shape index (κ2) is 10.4. The lowest BCUT2D eigenvalue weighted by molar-refractivity contribution is -0.119. The van der Waals surface area contributed by atoms with Crippen LogP contribution in [-0.4, -0.2) is 45.1 Å². The van der Waals surface area contributed by atoms with Crippen molar-refractivity contribution < 1.29 is 9.53 Å². The van der Waals surface area contributed by atoms with Crippen LogP contribution in [0.4, 0.5) is 0 Å². The number of carbonyl (C=O) groups is 1. The summed E-state index contributed by atoms with van der Waals surface area (Å²) in [6.07, 6.45) is 3.42. The van der Waals surface area contributed by atoms with Crippen LogP contribution in [0, 0.1) is 0 Å². The van der Waals surface area contributed by atoms with Crippen LogP contribution in [-0.2, 0) is 16.1 Å². The number of thioether (sulfide) groups is 1. The lowest BCUT2D eigenvalue weighted by atomic mass is 10.1. The molecule has 1 N–H and O–H groups in total. The van der Waals surface area contributed by atoms with Gasteiger partial charge in [-0.05, 0) is 30.7 Å². The normalized spacial score (nSPS) is 12.0. The van der Waals surface area contributed by atoms with E-state index in [1.807, 2.05) is 47.9 Å². The van der Waals surface area contributed by atoms with Gasteiger partial charge < -0.3 is 10.1 Å². The standard InChI is InChI=1S/C20H22ClN5O2S/c1-14(16-5-3-4-6-17(16)21)23-18(27)13-29-20-25-24-19(26(20)11-12-28-2)15-7-9-22-10-8-15/h3-10,14H,11-13H2,1-2H3,(H,23,27). The van der Waals surface area contributed by atoms with E-state index in [1.54, 1.807) is 19.5 Å².